The Morgan fingerprint density at radius 2 is 2.27 bits per heavy atom. The van der Waals surface area contributed by atoms with E-state index in [-0.39, 0.29) is 12.0 Å². The topological polar surface area (TPSA) is 70.7 Å². The van der Waals surface area contributed by atoms with E-state index in [9.17, 15) is 9.59 Å². The van der Waals surface area contributed by atoms with Crippen LogP contribution in [0.25, 0.3) is 0 Å². The van der Waals surface area contributed by atoms with Crippen LogP contribution in [-0.4, -0.2) is 50.1 Å². The number of benzene rings is 1. The molecule has 6 nitrogen and oxygen atoms in total. The highest BCUT2D eigenvalue weighted by Crippen LogP contribution is 2.24. The molecule has 120 valence electrons. The van der Waals surface area contributed by atoms with Gasteiger partial charge in [0.1, 0.15) is 0 Å². The van der Waals surface area contributed by atoms with E-state index in [4.69, 9.17) is 4.74 Å². The Bertz CT molecular complexity index is 539. The average molecular weight is 370 g/mol. The highest BCUT2D eigenvalue weighted by atomic mass is 79.9. The Morgan fingerprint density at radius 1 is 1.45 bits per heavy atom. The lowest BCUT2D eigenvalue weighted by atomic mass is 10.1. The molecule has 1 aromatic rings. The normalized spacial score (nSPS) is 18.7. The van der Waals surface area contributed by atoms with Crippen molar-refractivity contribution in [3.8, 4) is 0 Å². The number of urea groups is 1. The molecule has 1 heterocycles. The minimum Gasteiger partial charge on any atom is -0.371 e. The molecule has 1 saturated heterocycles. The molecule has 1 atom stereocenters. The van der Waals surface area contributed by atoms with E-state index in [0.29, 0.717) is 19.6 Å². The number of nitrogens with one attached hydrogen (secondary N) is 2. The smallest absolute Gasteiger partial charge is 0.321 e. The van der Waals surface area contributed by atoms with Crippen molar-refractivity contribution in [2.75, 3.05) is 33.3 Å². The number of ether oxygens (including phenoxy) is 1. The molecule has 0 spiro atoms. The Hall–Kier alpha value is -1.44. The van der Waals surface area contributed by atoms with Gasteiger partial charge in [0.2, 0.25) is 5.91 Å². The Kier molecular flexibility index (Phi) is 6.35. The molecule has 2 rings (SSSR count). The second-order valence-electron chi connectivity index (χ2n) is 5.09. The standard InChI is InChI=1S/C15H20BrN3O3/c1-17-15(21)18-14(20)5-6-19-7-8-22-13(10-19)11-3-2-4-12(16)9-11/h2-4,9,13H,5-8,10H2,1H3,(H2,17,18,20,21)/t13-/m0/s1. The van der Waals surface area contributed by atoms with Gasteiger partial charge in [0.05, 0.1) is 12.7 Å². The van der Waals surface area contributed by atoms with Gasteiger partial charge in [-0.15, -0.1) is 0 Å². The molecule has 7 heteroatoms. The number of halogens is 1. The molecule has 0 aliphatic carbocycles. The van der Waals surface area contributed by atoms with Crippen molar-refractivity contribution in [1.29, 1.82) is 0 Å². The first kappa shape index (κ1) is 16.9. The molecule has 1 aliphatic heterocycles. The lowest BCUT2D eigenvalue weighted by molar-refractivity contribution is -0.120. The summed E-state index contributed by atoms with van der Waals surface area (Å²) in [5.41, 5.74) is 1.12. The van der Waals surface area contributed by atoms with Crippen LogP contribution in [0.15, 0.2) is 28.7 Å². The molecule has 1 fully saturated rings. The Balaban J connectivity index is 1.83. The summed E-state index contributed by atoms with van der Waals surface area (Å²) in [6.45, 7) is 2.77. The molecule has 0 unspecified atom stereocenters. The van der Waals surface area contributed by atoms with Crippen LogP contribution in [0, 0.1) is 0 Å². The van der Waals surface area contributed by atoms with Crippen LogP contribution >= 0.6 is 15.9 Å². The maximum absolute atomic E-state index is 11.6. The first-order chi connectivity index (χ1) is 10.6. The summed E-state index contributed by atoms with van der Waals surface area (Å²) < 4.78 is 6.83. The maximum atomic E-state index is 11.6. The van der Waals surface area contributed by atoms with Crippen LogP contribution in [0.1, 0.15) is 18.1 Å². The predicted octanol–water partition coefficient (Wildman–Crippen LogP) is 1.67. The summed E-state index contributed by atoms with van der Waals surface area (Å²) in [6, 6.07) is 7.58. The lowest BCUT2D eigenvalue weighted by Gasteiger charge is -2.33. The van der Waals surface area contributed by atoms with E-state index in [1.54, 1.807) is 0 Å². The van der Waals surface area contributed by atoms with E-state index >= 15 is 0 Å². The number of carbonyl (C=O) groups is 2. The zero-order chi connectivity index (χ0) is 15.9. The highest BCUT2D eigenvalue weighted by molar-refractivity contribution is 9.10. The zero-order valence-corrected chi connectivity index (χ0v) is 14.1. The second kappa shape index (κ2) is 8.26. The minimum atomic E-state index is -0.473. The summed E-state index contributed by atoms with van der Waals surface area (Å²) in [4.78, 5) is 24.9. The van der Waals surface area contributed by atoms with Gasteiger partial charge in [-0.05, 0) is 17.7 Å². The largest absolute Gasteiger partial charge is 0.371 e. The van der Waals surface area contributed by atoms with Gasteiger partial charge in [0.15, 0.2) is 0 Å². The SMILES string of the molecule is CNC(=O)NC(=O)CCN1CCO[C@H](c2cccc(Br)c2)C1. The fraction of sp³-hybridized carbons (Fsp3) is 0.467. The van der Waals surface area contributed by atoms with E-state index in [1.807, 2.05) is 24.3 Å². The van der Waals surface area contributed by atoms with Crippen LogP contribution in [0.2, 0.25) is 0 Å². The van der Waals surface area contributed by atoms with Crippen LogP contribution in [-0.2, 0) is 9.53 Å². The summed E-state index contributed by atoms with van der Waals surface area (Å²) >= 11 is 3.46. The Morgan fingerprint density at radius 3 is 3.00 bits per heavy atom. The van der Waals surface area contributed by atoms with E-state index in [2.05, 4.69) is 31.5 Å². The molecule has 22 heavy (non-hydrogen) atoms. The van der Waals surface area contributed by atoms with Crippen molar-refractivity contribution in [1.82, 2.24) is 15.5 Å². The fourth-order valence-corrected chi connectivity index (χ4v) is 2.74. The van der Waals surface area contributed by atoms with Crippen LogP contribution in [0.3, 0.4) is 0 Å². The number of nitrogens with zero attached hydrogens (tertiary/aromatic N) is 1. The molecule has 2 N–H and O–H groups in total. The fourth-order valence-electron chi connectivity index (χ4n) is 2.33. The number of rotatable bonds is 4. The van der Waals surface area contributed by atoms with Gasteiger partial charge in [-0.25, -0.2) is 4.79 Å². The van der Waals surface area contributed by atoms with E-state index in [0.717, 1.165) is 23.1 Å². The minimum absolute atomic E-state index is 0.00764. The first-order valence-corrected chi connectivity index (χ1v) is 7.99. The monoisotopic (exact) mass is 369 g/mol. The quantitative estimate of drug-likeness (QED) is 0.846. The van der Waals surface area contributed by atoms with Gasteiger partial charge in [-0.2, -0.15) is 0 Å². The van der Waals surface area contributed by atoms with Gasteiger partial charge in [0, 0.05) is 37.6 Å². The van der Waals surface area contributed by atoms with Crippen LogP contribution < -0.4 is 10.6 Å². The van der Waals surface area contributed by atoms with Crippen molar-refractivity contribution in [3.63, 3.8) is 0 Å². The number of hydrogen-bond acceptors (Lipinski definition) is 4. The van der Waals surface area contributed by atoms with Crippen LogP contribution in [0.5, 0.6) is 0 Å². The summed E-state index contributed by atoms with van der Waals surface area (Å²) in [5.74, 6) is -0.273. The maximum Gasteiger partial charge on any atom is 0.321 e. The number of imide groups is 1. The number of amides is 3. The van der Waals surface area contributed by atoms with Crippen molar-refractivity contribution in [3.05, 3.63) is 34.3 Å². The third-order valence-corrected chi connectivity index (χ3v) is 4.00. The third kappa shape index (κ3) is 5.08. The summed E-state index contributed by atoms with van der Waals surface area (Å²) in [5, 5.41) is 4.63. The zero-order valence-electron chi connectivity index (χ0n) is 12.5. The molecule has 1 aliphatic rings. The first-order valence-electron chi connectivity index (χ1n) is 7.19. The van der Waals surface area contributed by atoms with E-state index in [1.165, 1.54) is 7.05 Å². The predicted molar refractivity (Wildman–Crippen MR) is 86.5 cm³/mol. The number of carbonyl (C=O) groups excluding carboxylic acids is 2. The van der Waals surface area contributed by atoms with Crippen molar-refractivity contribution in [2.45, 2.75) is 12.5 Å². The summed E-state index contributed by atoms with van der Waals surface area (Å²) in [6.07, 6.45) is 0.298. The molecule has 0 saturated carbocycles. The molecular weight excluding hydrogens is 350 g/mol. The van der Waals surface area contributed by atoms with Gasteiger partial charge in [-0.1, -0.05) is 28.1 Å². The second-order valence-corrected chi connectivity index (χ2v) is 6.01. The number of hydrogen-bond donors (Lipinski definition) is 2. The molecule has 0 bridgehead atoms. The molecule has 1 aromatic carbocycles. The van der Waals surface area contributed by atoms with Crippen molar-refractivity contribution >= 4 is 27.9 Å². The van der Waals surface area contributed by atoms with Crippen molar-refractivity contribution < 1.29 is 14.3 Å². The third-order valence-electron chi connectivity index (χ3n) is 3.51. The number of morpholine rings is 1. The van der Waals surface area contributed by atoms with Gasteiger partial charge in [-0.3, -0.25) is 15.0 Å². The molecular formula is C15H20BrN3O3. The van der Waals surface area contributed by atoms with Gasteiger partial charge in [0.25, 0.3) is 0 Å². The molecule has 0 aromatic heterocycles. The summed E-state index contributed by atoms with van der Waals surface area (Å²) in [7, 11) is 1.48. The van der Waals surface area contributed by atoms with Crippen LogP contribution in [0.4, 0.5) is 4.79 Å². The highest BCUT2D eigenvalue weighted by Gasteiger charge is 2.22. The van der Waals surface area contributed by atoms with Gasteiger partial charge < -0.3 is 10.1 Å². The molecule has 3 amide bonds. The van der Waals surface area contributed by atoms with Gasteiger partial charge >= 0.3 is 6.03 Å². The van der Waals surface area contributed by atoms with Crippen molar-refractivity contribution in [2.24, 2.45) is 0 Å². The van der Waals surface area contributed by atoms with E-state index < -0.39 is 6.03 Å². The molecule has 0 radical (unpaired) electrons. The Labute approximate surface area is 138 Å². The lowest BCUT2D eigenvalue weighted by Crippen LogP contribution is -2.42. The average Bonchev–Trinajstić information content (AvgIpc) is 2.53.